The van der Waals surface area contributed by atoms with Crippen molar-refractivity contribution < 1.29 is 14.3 Å². The molecule has 1 aromatic heterocycles. The highest BCUT2D eigenvalue weighted by Gasteiger charge is 2.14. The molecular formula is C13H15NO3. The topological polar surface area (TPSA) is 55.5 Å². The molecule has 1 N–H and O–H groups in total. The number of aliphatic hydroxyl groups excluding tert-OH is 1. The average Bonchev–Trinajstić information content (AvgIpc) is 2.71. The van der Waals surface area contributed by atoms with Gasteiger partial charge in [0.15, 0.2) is 0 Å². The molecule has 1 heterocycles. The molecule has 0 bridgehead atoms. The van der Waals surface area contributed by atoms with Gasteiger partial charge in [-0.3, -0.25) is 0 Å². The zero-order chi connectivity index (χ0) is 12.3. The highest BCUT2D eigenvalue weighted by Crippen LogP contribution is 2.30. The summed E-state index contributed by atoms with van der Waals surface area (Å²) in [6.45, 7) is 1.91. The monoisotopic (exact) mass is 233 g/mol. The number of nitrogens with zero attached hydrogens (tertiary/aromatic N) is 1. The normalized spacial score (nSPS) is 10.5. The molecule has 0 radical (unpaired) electrons. The van der Waals surface area contributed by atoms with Gasteiger partial charge < -0.3 is 14.3 Å². The van der Waals surface area contributed by atoms with E-state index in [4.69, 9.17) is 14.3 Å². The van der Waals surface area contributed by atoms with E-state index >= 15 is 0 Å². The van der Waals surface area contributed by atoms with Crippen LogP contribution in [-0.4, -0.2) is 23.8 Å². The number of aryl methyl sites for hydroxylation is 1. The molecule has 4 heteroatoms. The molecule has 0 aliphatic carbocycles. The van der Waals surface area contributed by atoms with Gasteiger partial charge in [-0.1, -0.05) is 12.1 Å². The predicted octanol–water partition coefficient (Wildman–Crippen LogP) is 2.19. The number of rotatable bonds is 4. The van der Waals surface area contributed by atoms with Crippen molar-refractivity contribution in [3.8, 4) is 17.2 Å². The lowest BCUT2D eigenvalue weighted by atomic mass is 10.2. The summed E-state index contributed by atoms with van der Waals surface area (Å²) in [5, 5.41) is 8.92. The molecule has 17 heavy (non-hydrogen) atoms. The molecule has 0 fully saturated rings. The maximum absolute atomic E-state index is 8.92. The van der Waals surface area contributed by atoms with Gasteiger partial charge in [-0.2, -0.15) is 0 Å². The van der Waals surface area contributed by atoms with Crippen molar-refractivity contribution in [1.82, 2.24) is 4.98 Å². The van der Waals surface area contributed by atoms with Gasteiger partial charge >= 0.3 is 0 Å². The fourth-order valence-electron chi connectivity index (χ4n) is 1.70. The third-order valence-electron chi connectivity index (χ3n) is 2.58. The van der Waals surface area contributed by atoms with Gasteiger partial charge in [0.1, 0.15) is 11.5 Å². The quantitative estimate of drug-likeness (QED) is 0.879. The second-order valence-corrected chi connectivity index (χ2v) is 3.70. The molecule has 2 aromatic rings. The lowest BCUT2D eigenvalue weighted by Crippen LogP contribution is -1.93. The van der Waals surface area contributed by atoms with E-state index in [1.54, 1.807) is 7.11 Å². The minimum Gasteiger partial charge on any atom is -0.496 e. The summed E-state index contributed by atoms with van der Waals surface area (Å²) in [4.78, 5) is 4.37. The second-order valence-electron chi connectivity index (χ2n) is 3.70. The van der Waals surface area contributed by atoms with E-state index in [0.717, 1.165) is 22.8 Å². The standard InChI is InChI=1S/C13H15NO3/c1-9-11(7-8-15)14-13(17-9)10-5-3-4-6-12(10)16-2/h3-6,15H,7-8H2,1-2H3. The van der Waals surface area contributed by atoms with Gasteiger partial charge in [-0.05, 0) is 19.1 Å². The van der Waals surface area contributed by atoms with Crippen LogP contribution in [0, 0.1) is 6.92 Å². The summed E-state index contributed by atoms with van der Waals surface area (Å²) in [7, 11) is 1.61. The van der Waals surface area contributed by atoms with Crippen molar-refractivity contribution in [2.24, 2.45) is 0 Å². The van der Waals surface area contributed by atoms with E-state index in [9.17, 15) is 0 Å². The maximum Gasteiger partial charge on any atom is 0.230 e. The van der Waals surface area contributed by atoms with E-state index < -0.39 is 0 Å². The summed E-state index contributed by atoms with van der Waals surface area (Å²) in [6, 6.07) is 7.56. The molecule has 0 saturated carbocycles. The number of aliphatic hydroxyl groups is 1. The number of hydrogen-bond acceptors (Lipinski definition) is 4. The first-order chi connectivity index (χ1) is 8.26. The van der Waals surface area contributed by atoms with Crippen LogP contribution < -0.4 is 4.74 Å². The van der Waals surface area contributed by atoms with E-state index in [1.165, 1.54) is 0 Å². The molecule has 0 amide bonds. The zero-order valence-electron chi connectivity index (χ0n) is 9.93. The Kier molecular flexibility index (Phi) is 3.44. The van der Waals surface area contributed by atoms with Gasteiger partial charge in [-0.15, -0.1) is 0 Å². The lowest BCUT2D eigenvalue weighted by molar-refractivity contribution is 0.297. The highest BCUT2D eigenvalue weighted by molar-refractivity contribution is 5.62. The number of benzene rings is 1. The molecule has 2 rings (SSSR count). The van der Waals surface area contributed by atoms with E-state index in [0.29, 0.717) is 12.3 Å². The highest BCUT2D eigenvalue weighted by atomic mass is 16.5. The Bertz CT molecular complexity index is 505. The van der Waals surface area contributed by atoms with E-state index in [2.05, 4.69) is 4.98 Å². The minimum absolute atomic E-state index is 0.0682. The van der Waals surface area contributed by atoms with E-state index in [1.807, 2.05) is 31.2 Å². The Morgan fingerprint density at radius 3 is 2.82 bits per heavy atom. The molecule has 1 aromatic carbocycles. The Morgan fingerprint density at radius 1 is 1.35 bits per heavy atom. The first-order valence-electron chi connectivity index (χ1n) is 5.46. The number of ether oxygens (including phenoxy) is 1. The van der Waals surface area contributed by atoms with Crippen LogP contribution in [0.2, 0.25) is 0 Å². The van der Waals surface area contributed by atoms with Crippen LogP contribution in [0.25, 0.3) is 11.5 Å². The van der Waals surface area contributed by atoms with E-state index in [-0.39, 0.29) is 6.61 Å². The summed E-state index contributed by atoms with van der Waals surface area (Å²) in [6.07, 6.45) is 0.504. The molecule has 0 unspecified atom stereocenters. The largest absolute Gasteiger partial charge is 0.496 e. The lowest BCUT2D eigenvalue weighted by Gasteiger charge is -2.03. The third-order valence-corrected chi connectivity index (χ3v) is 2.58. The van der Waals surface area contributed by atoms with Crippen LogP contribution in [0.5, 0.6) is 5.75 Å². The Labute approximate surface area is 99.9 Å². The predicted molar refractivity (Wildman–Crippen MR) is 64.0 cm³/mol. The Morgan fingerprint density at radius 2 is 2.12 bits per heavy atom. The summed E-state index contributed by atoms with van der Waals surface area (Å²) < 4.78 is 10.9. The van der Waals surface area contributed by atoms with Gasteiger partial charge in [0, 0.05) is 13.0 Å². The second kappa shape index (κ2) is 5.01. The smallest absolute Gasteiger partial charge is 0.230 e. The molecule has 0 aliphatic rings. The maximum atomic E-state index is 8.92. The summed E-state index contributed by atoms with van der Waals surface area (Å²) >= 11 is 0. The van der Waals surface area contributed by atoms with Crippen LogP contribution in [-0.2, 0) is 6.42 Å². The first kappa shape index (κ1) is 11.7. The molecular weight excluding hydrogens is 218 g/mol. The van der Waals surface area contributed by atoms with Crippen molar-refractivity contribution in [2.75, 3.05) is 13.7 Å². The number of methoxy groups -OCH3 is 1. The fourth-order valence-corrected chi connectivity index (χ4v) is 1.70. The van der Waals surface area contributed by atoms with Gasteiger partial charge in [0.25, 0.3) is 0 Å². The van der Waals surface area contributed by atoms with Crippen molar-refractivity contribution in [3.05, 3.63) is 35.7 Å². The van der Waals surface area contributed by atoms with Gasteiger partial charge in [0.05, 0.1) is 18.4 Å². The average molecular weight is 233 g/mol. The van der Waals surface area contributed by atoms with Crippen molar-refractivity contribution in [2.45, 2.75) is 13.3 Å². The van der Waals surface area contributed by atoms with Crippen LogP contribution in [0.4, 0.5) is 0 Å². The van der Waals surface area contributed by atoms with Crippen molar-refractivity contribution >= 4 is 0 Å². The molecule has 90 valence electrons. The Balaban J connectivity index is 2.42. The van der Waals surface area contributed by atoms with Gasteiger partial charge in [0.2, 0.25) is 5.89 Å². The fraction of sp³-hybridized carbons (Fsp3) is 0.308. The number of oxazole rings is 1. The minimum atomic E-state index is 0.0682. The van der Waals surface area contributed by atoms with Crippen molar-refractivity contribution in [3.63, 3.8) is 0 Å². The third kappa shape index (κ3) is 2.31. The first-order valence-corrected chi connectivity index (χ1v) is 5.46. The van der Waals surface area contributed by atoms with Crippen LogP contribution in [0.3, 0.4) is 0 Å². The number of para-hydroxylation sites is 1. The van der Waals surface area contributed by atoms with Crippen LogP contribution in [0.1, 0.15) is 11.5 Å². The summed E-state index contributed by atoms with van der Waals surface area (Å²) in [5.74, 6) is 1.99. The van der Waals surface area contributed by atoms with Crippen LogP contribution in [0.15, 0.2) is 28.7 Å². The molecule has 0 saturated heterocycles. The molecule has 0 atom stereocenters. The van der Waals surface area contributed by atoms with Crippen molar-refractivity contribution in [1.29, 1.82) is 0 Å². The number of aromatic nitrogens is 1. The Hall–Kier alpha value is -1.81. The van der Waals surface area contributed by atoms with Gasteiger partial charge in [-0.25, -0.2) is 4.98 Å². The molecule has 4 nitrogen and oxygen atoms in total. The van der Waals surface area contributed by atoms with Crippen LogP contribution >= 0.6 is 0 Å². The SMILES string of the molecule is COc1ccccc1-c1nc(CCO)c(C)o1. The zero-order valence-corrected chi connectivity index (χ0v) is 9.93. The molecule has 0 spiro atoms. The summed E-state index contributed by atoms with van der Waals surface area (Å²) in [5.41, 5.74) is 1.61. The molecule has 0 aliphatic heterocycles. The number of hydrogen-bond donors (Lipinski definition) is 1.